The molecule has 3 rings (SSSR count). The smallest absolute Gasteiger partial charge is 0.407 e. The maximum absolute atomic E-state index is 12.6. The third-order valence-corrected chi connectivity index (χ3v) is 5.43. The average Bonchev–Trinajstić information content (AvgIpc) is 2.83. The Kier molecular flexibility index (Phi) is 7.39. The van der Waals surface area contributed by atoms with Gasteiger partial charge in [0.05, 0.1) is 5.41 Å². The summed E-state index contributed by atoms with van der Waals surface area (Å²) >= 11 is 0. The van der Waals surface area contributed by atoms with Crippen LogP contribution in [0.3, 0.4) is 0 Å². The molecule has 164 valence electrons. The lowest BCUT2D eigenvalue weighted by atomic mass is 9.72. The number of hydrogen-bond acceptors (Lipinski definition) is 4. The minimum Gasteiger partial charge on any atom is -0.475 e. The van der Waals surface area contributed by atoms with Crippen LogP contribution in [0.5, 0.6) is 0 Å². The number of alkyl carbamates (subject to hydrolysis) is 1. The number of benzene rings is 3. The number of ether oxygens (including phenoxy) is 1. The van der Waals surface area contributed by atoms with Gasteiger partial charge in [-0.1, -0.05) is 84.9 Å². The largest absolute Gasteiger partial charge is 0.475 e. The van der Waals surface area contributed by atoms with E-state index < -0.39 is 23.3 Å². The van der Waals surface area contributed by atoms with E-state index in [0.29, 0.717) is 24.1 Å². The van der Waals surface area contributed by atoms with Gasteiger partial charge in [0.15, 0.2) is 0 Å². The molecule has 0 radical (unpaired) electrons. The van der Waals surface area contributed by atoms with E-state index in [2.05, 4.69) is 5.32 Å². The predicted octanol–water partition coefficient (Wildman–Crippen LogP) is 4.12. The SMILES string of the molecule is CC(C(=O)C(=O)O)(c1ccccc1)c1ccc(CCNC(=O)OCc2ccccc2)cc1. The number of Topliss-reactive ketones (excluding diaryl/α,β-unsaturated/α-hetero) is 1. The van der Waals surface area contributed by atoms with Gasteiger partial charge in [0.25, 0.3) is 5.78 Å². The molecule has 0 aliphatic carbocycles. The van der Waals surface area contributed by atoms with E-state index in [1.807, 2.05) is 48.5 Å². The van der Waals surface area contributed by atoms with Gasteiger partial charge in [0.1, 0.15) is 6.61 Å². The Bertz CT molecular complexity index is 1060. The number of aliphatic carboxylic acids is 1. The molecule has 0 aliphatic heterocycles. The molecule has 0 fully saturated rings. The Hall–Kier alpha value is -3.93. The fourth-order valence-electron chi connectivity index (χ4n) is 3.50. The van der Waals surface area contributed by atoms with Crippen molar-refractivity contribution < 1.29 is 24.2 Å². The van der Waals surface area contributed by atoms with Crippen molar-refractivity contribution in [1.82, 2.24) is 5.32 Å². The average molecular weight is 431 g/mol. The second-order valence-corrected chi connectivity index (χ2v) is 7.56. The van der Waals surface area contributed by atoms with Crippen LogP contribution < -0.4 is 5.32 Å². The fraction of sp³-hybridized carbons (Fsp3) is 0.192. The monoisotopic (exact) mass is 431 g/mol. The third kappa shape index (κ3) is 5.40. The zero-order valence-corrected chi connectivity index (χ0v) is 17.8. The van der Waals surface area contributed by atoms with Gasteiger partial charge >= 0.3 is 12.1 Å². The topological polar surface area (TPSA) is 92.7 Å². The molecule has 6 heteroatoms. The Morgan fingerprint density at radius 2 is 1.38 bits per heavy atom. The maximum Gasteiger partial charge on any atom is 0.407 e. The number of carboxylic acid groups (broad SMARTS) is 1. The van der Waals surface area contributed by atoms with Crippen LogP contribution in [-0.4, -0.2) is 29.5 Å². The quantitative estimate of drug-likeness (QED) is 0.497. The van der Waals surface area contributed by atoms with Gasteiger partial charge < -0.3 is 15.2 Å². The van der Waals surface area contributed by atoms with Gasteiger partial charge in [-0.25, -0.2) is 9.59 Å². The van der Waals surface area contributed by atoms with Gasteiger partial charge in [-0.15, -0.1) is 0 Å². The Balaban J connectivity index is 1.61. The Morgan fingerprint density at radius 3 is 1.97 bits per heavy atom. The predicted molar refractivity (Wildman–Crippen MR) is 120 cm³/mol. The molecule has 3 aromatic carbocycles. The van der Waals surface area contributed by atoms with E-state index in [1.165, 1.54) is 0 Å². The first kappa shape index (κ1) is 22.7. The molecule has 0 spiro atoms. The third-order valence-electron chi connectivity index (χ3n) is 5.43. The minimum atomic E-state index is -1.47. The number of hydrogen-bond donors (Lipinski definition) is 2. The Morgan fingerprint density at radius 1 is 0.812 bits per heavy atom. The lowest BCUT2D eigenvalue weighted by Crippen LogP contribution is -2.39. The first-order valence-electron chi connectivity index (χ1n) is 10.3. The van der Waals surface area contributed by atoms with Crippen LogP contribution >= 0.6 is 0 Å². The summed E-state index contributed by atoms with van der Waals surface area (Å²) < 4.78 is 5.18. The molecular weight excluding hydrogens is 406 g/mol. The number of nitrogens with one attached hydrogen (secondary N) is 1. The number of ketones is 1. The molecule has 0 heterocycles. The van der Waals surface area contributed by atoms with Gasteiger partial charge in [-0.05, 0) is 35.6 Å². The summed E-state index contributed by atoms with van der Waals surface area (Å²) in [7, 11) is 0. The lowest BCUT2D eigenvalue weighted by molar-refractivity contribution is -0.151. The fourth-order valence-corrected chi connectivity index (χ4v) is 3.50. The molecule has 6 nitrogen and oxygen atoms in total. The highest BCUT2D eigenvalue weighted by atomic mass is 16.5. The number of rotatable bonds is 9. The first-order valence-corrected chi connectivity index (χ1v) is 10.3. The number of amides is 1. The van der Waals surface area contributed by atoms with Crippen LogP contribution in [-0.2, 0) is 32.8 Å². The van der Waals surface area contributed by atoms with Crippen LogP contribution in [0.4, 0.5) is 4.79 Å². The molecule has 0 bridgehead atoms. The van der Waals surface area contributed by atoms with E-state index in [4.69, 9.17) is 4.74 Å². The minimum absolute atomic E-state index is 0.205. The zero-order chi connectivity index (χ0) is 23.0. The maximum atomic E-state index is 12.6. The normalized spacial score (nSPS) is 12.4. The second kappa shape index (κ2) is 10.4. The van der Waals surface area contributed by atoms with Crippen molar-refractivity contribution in [3.63, 3.8) is 0 Å². The summed E-state index contributed by atoms with van der Waals surface area (Å²) in [6.07, 6.45) is 0.0736. The summed E-state index contributed by atoms with van der Waals surface area (Å²) in [5.41, 5.74) is 1.76. The molecule has 3 aromatic rings. The molecule has 2 N–H and O–H groups in total. The van der Waals surface area contributed by atoms with Gasteiger partial charge in [0.2, 0.25) is 0 Å². The molecule has 1 amide bonds. The molecule has 1 atom stereocenters. The van der Waals surface area contributed by atoms with Crippen molar-refractivity contribution in [2.75, 3.05) is 6.54 Å². The van der Waals surface area contributed by atoms with Crippen molar-refractivity contribution >= 4 is 17.8 Å². The molecule has 0 saturated heterocycles. The van der Waals surface area contributed by atoms with Crippen molar-refractivity contribution in [3.05, 3.63) is 107 Å². The van der Waals surface area contributed by atoms with E-state index in [-0.39, 0.29) is 6.61 Å². The van der Waals surface area contributed by atoms with Crippen LogP contribution in [0.2, 0.25) is 0 Å². The summed E-state index contributed by atoms with van der Waals surface area (Å²) in [4.78, 5) is 36.0. The van der Waals surface area contributed by atoms with Crippen molar-refractivity contribution in [1.29, 1.82) is 0 Å². The standard InChI is InChI=1S/C26H25NO5/c1-26(23(28)24(29)30,21-10-6-3-7-11-21)22-14-12-19(13-15-22)16-17-27-25(31)32-18-20-8-4-2-5-9-20/h2-15H,16-18H2,1H3,(H,27,31)(H,29,30). The number of carbonyl (C=O) groups is 3. The molecule has 0 saturated carbocycles. The zero-order valence-electron chi connectivity index (χ0n) is 17.8. The summed E-state index contributed by atoms with van der Waals surface area (Å²) in [6, 6.07) is 25.5. The van der Waals surface area contributed by atoms with Crippen molar-refractivity contribution in [3.8, 4) is 0 Å². The lowest BCUT2D eigenvalue weighted by Gasteiger charge is -2.27. The second-order valence-electron chi connectivity index (χ2n) is 7.56. The van der Waals surface area contributed by atoms with E-state index >= 15 is 0 Å². The van der Waals surface area contributed by atoms with Crippen LogP contribution in [0, 0.1) is 0 Å². The molecule has 0 aromatic heterocycles. The molecule has 32 heavy (non-hydrogen) atoms. The van der Waals surface area contributed by atoms with Gasteiger partial charge in [-0.3, -0.25) is 4.79 Å². The van der Waals surface area contributed by atoms with Crippen LogP contribution in [0.25, 0.3) is 0 Å². The molecule has 0 aliphatic rings. The van der Waals surface area contributed by atoms with E-state index in [0.717, 1.165) is 11.1 Å². The van der Waals surface area contributed by atoms with E-state index in [9.17, 15) is 19.5 Å². The highest BCUT2D eigenvalue weighted by Crippen LogP contribution is 2.33. The highest BCUT2D eigenvalue weighted by Gasteiger charge is 2.40. The highest BCUT2D eigenvalue weighted by molar-refractivity contribution is 6.37. The van der Waals surface area contributed by atoms with Gasteiger partial charge in [-0.2, -0.15) is 0 Å². The van der Waals surface area contributed by atoms with E-state index in [1.54, 1.807) is 43.3 Å². The first-order chi connectivity index (χ1) is 15.4. The number of carbonyl (C=O) groups excluding carboxylic acids is 2. The summed E-state index contributed by atoms with van der Waals surface area (Å²) in [6.45, 7) is 2.21. The van der Waals surface area contributed by atoms with Crippen molar-refractivity contribution in [2.45, 2.75) is 25.4 Å². The molecular formula is C26H25NO5. The molecule has 1 unspecified atom stereocenters. The summed E-state index contributed by atoms with van der Waals surface area (Å²) in [5.74, 6) is -2.36. The summed E-state index contributed by atoms with van der Waals surface area (Å²) in [5, 5.41) is 12.1. The van der Waals surface area contributed by atoms with Crippen LogP contribution in [0.1, 0.15) is 29.2 Å². The van der Waals surface area contributed by atoms with Gasteiger partial charge in [0, 0.05) is 6.54 Å². The van der Waals surface area contributed by atoms with Crippen LogP contribution in [0.15, 0.2) is 84.9 Å². The number of carboxylic acids is 1. The van der Waals surface area contributed by atoms with Crippen molar-refractivity contribution in [2.24, 2.45) is 0 Å². The Labute approximate surface area is 186 Å².